The summed E-state index contributed by atoms with van der Waals surface area (Å²) in [6, 6.07) is 11.8. The standard InChI is InChI=1S/C19H21NO5S/c1-12(2)25-17-9-4-13(19(22)23)10-16(17)20-18(21)11-26-15-7-5-14(24-3)6-8-15/h4-10,12H,11H2,1-3H3,(H,20,21)(H,22,23). The summed E-state index contributed by atoms with van der Waals surface area (Å²) in [6.45, 7) is 3.71. The predicted octanol–water partition coefficient (Wildman–Crippen LogP) is 3.91. The van der Waals surface area contributed by atoms with E-state index in [9.17, 15) is 9.59 Å². The van der Waals surface area contributed by atoms with Crippen LogP contribution in [0, 0.1) is 0 Å². The van der Waals surface area contributed by atoms with Crippen LogP contribution in [0.15, 0.2) is 47.4 Å². The normalized spacial score (nSPS) is 10.5. The predicted molar refractivity (Wildman–Crippen MR) is 102 cm³/mol. The zero-order valence-corrected chi connectivity index (χ0v) is 15.6. The average molecular weight is 375 g/mol. The minimum absolute atomic E-state index is 0.0826. The van der Waals surface area contributed by atoms with Crippen molar-refractivity contribution < 1.29 is 24.2 Å². The number of rotatable bonds is 8. The van der Waals surface area contributed by atoms with Gasteiger partial charge in [-0.2, -0.15) is 0 Å². The molecule has 0 fully saturated rings. The van der Waals surface area contributed by atoms with Crippen LogP contribution in [0.3, 0.4) is 0 Å². The van der Waals surface area contributed by atoms with E-state index in [0.29, 0.717) is 11.4 Å². The molecule has 6 nitrogen and oxygen atoms in total. The van der Waals surface area contributed by atoms with Crippen LogP contribution in [0.1, 0.15) is 24.2 Å². The first-order valence-electron chi connectivity index (χ1n) is 7.99. The van der Waals surface area contributed by atoms with E-state index in [1.165, 1.54) is 23.9 Å². The van der Waals surface area contributed by atoms with Gasteiger partial charge in [0.15, 0.2) is 0 Å². The summed E-state index contributed by atoms with van der Waals surface area (Å²) in [5, 5.41) is 11.9. The first kappa shape index (κ1) is 19.7. The minimum Gasteiger partial charge on any atom is -0.497 e. The number of carboxylic acid groups (broad SMARTS) is 1. The summed E-state index contributed by atoms with van der Waals surface area (Å²) in [5.41, 5.74) is 0.429. The van der Waals surface area contributed by atoms with E-state index < -0.39 is 5.97 Å². The third-order valence-electron chi connectivity index (χ3n) is 3.29. The Kier molecular flexibility index (Phi) is 6.91. The van der Waals surface area contributed by atoms with Crippen LogP contribution >= 0.6 is 11.8 Å². The molecule has 26 heavy (non-hydrogen) atoms. The summed E-state index contributed by atoms with van der Waals surface area (Å²) in [4.78, 5) is 24.4. The number of aromatic carboxylic acids is 1. The highest BCUT2D eigenvalue weighted by molar-refractivity contribution is 8.00. The number of thioether (sulfide) groups is 1. The highest BCUT2D eigenvalue weighted by Gasteiger charge is 2.13. The number of carboxylic acids is 1. The highest BCUT2D eigenvalue weighted by atomic mass is 32.2. The number of carbonyl (C=O) groups excluding carboxylic acids is 1. The van der Waals surface area contributed by atoms with Crippen molar-refractivity contribution in [1.82, 2.24) is 0 Å². The molecule has 0 atom stereocenters. The smallest absolute Gasteiger partial charge is 0.335 e. The van der Waals surface area contributed by atoms with E-state index >= 15 is 0 Å². The van der Waals surface area contributed by atoms with Gasteiger partial charge in [-0.1, -0.05) is 0 Å². The van der Waals surface area contributed by atoms with E-state index in [0.717, 1.165) is 10.6 Å². The Labute approximate surface area is 156 Å². The molecule has 0 saturated carbocycles. The molecule has 0 aromatic heterocycles. The summed E-state index contributed by atoms with van der Waals surface area (Å²) in [7, 11) is 1.59. The molecule has 138 valence electrons. The Bertz CT molecular complexity index is 774. The number of hydrogen-bond donors (Lipinski definition) is 2. The summed E-state index contributed by atoms with van der Waals surface area (Å²) in [5.74, 6) is 0.0591. The van der Waals surface area contributed by atoms with Gasteiger partial charge in [-0.05, 0) is 56.3 Å². The van der Waals surface area contributed by atoms with E-state index in [4.69, 9.17) is 14.6 Å². The number of methoxy groups -OCH3 is 1. The van der Waals surface area contributed by atoms with Crippen molar-refractivity contribution in [2.45, 2.75) is 24.8 Å². The fourth-order valence-corrected chi connectivity index (χ4v) is 2.82. The maximum Gasteiger partial charge on any atom is 0.335 e. The van der Waals surface area contributed by atoms with Gasteiger partial charge in [0.1, 0.15) is 11.5 Å². The van der Waals surface area contributed by atoms with Crippen molar-refractivity contribution >= 4 is 29.3 Å². The second-order valence-corrected chi connectivity index (χ2v) is 6.74. The molecule has 0 unspecified atom stereocenters. The quantitative estimate of drug-likeness (QED) is 0.681. The Morgan fingerprint density at radius 3 is 2.42 bits per heavy atom. The van der Waals surface area contributed by atoms with E-state index in [2.05, 4.69) is 5.32 Å². The molecule has 0 spiro atoms. The molecule has 2 rings (SSSR count). The number of benzene rings is 2. The second-order valence-electron chi connectivity index (χ2n) is 5.70. The van der Waals surface area contributed by atoms with Gasteiger partial charge in [0.05, 0.1) is 30.2 Å². The fraction of sp³-hybridized carbons (Fsp3) is 0.263. The van der Waals surface area contributed by atoms with Crippen LogP contribution in [-0.2, 0) is 4.79 Å². The van der Waals surface area contributed by atoms with Crippen LogP contribution < -0.4 is 14.8 Å². The molecule has 7 heteroatoms. The van der Waals surface area contributed by atoms with Crippen molar-refractivity contribution in [3.63, 3.8) is 0 Å². The lowest BCUT2D eigenvalue weighted by Gasteiger charge is -2.15. The Morgan fingerprint density at radius 1 is 1.15 bits per heavy atom. The first-order chi connectivity index (χ1) is 12.4. The van der Waals surface area contributed by atoms with Gasteiger partial charge >= 0.3 is 5.97 Å². The van der Waals surface area contributed by atoms with Crippen LogP contribution in [0.4, 0.5) is 5.69 Å². The number of amides is 1. The Balaban J connectivity index is 2.05. The average Bonchev–Trinajstić information content (AvgIpc) is 2.61. The molecular formula is C19H21NO5S. The number of hydrogen-bond acceptors (Lipinski definition) is 5. The molecular weight excluding hydrogens is 354 g/mol. The molecule has 0 aliphatic carbocycles. The Morgan fingerprint density at radius 2 is 1.85 bits per heavy atom. The molecule has 2 N–H and O–H groups in total. The van der Waals surface area contributed by atoms with Gasteiger partial charge in [0.25, 0.3) is 0 Å². The number of nitrogens with one attached hydrogen (secondary N) is 1. The second kappa shape index (κ2) is 9.15. The lowest BCUT2D eigenvalue weighted by atomic mass is 10.2. The topological polar surface area (TPSA) is 84.9 Å². The van der Waals surface area contributed by atoms with E-state index in [-0.39, 0.29) is 23.3 Å². The lowest BCUT2D eigenvalue weighted by Crippen LogP contribution is -2.16. The maximum atomic E-state index is 12.3. The van der Waals surface area contributed by atoms with Gasteiger partial charge < -0.3 is 19.9 Å². The zero-order chi connectivity index (χ0) is 19.1. The van der Waals surface area contributed by atoms with Crippen LogP contribution in [-0.4, -0.2) is 35.9 Å². The van der Waals surface area contributed by atoms with E-state index in [1.807, 2.05) is 38.1 Å². The summed E-state index contributed by atoms with van der Waals surface area (Å²) >= 11 is 1.37. The molecule has 0 aliphatic heterocycles. The van der Waals surface area contributed by atoms with Gasteiger partial charge in [-0.3, -0.25) is 4.79 Å². The molecule has 1 amide bonds. The number of ether oxygens (including phenoxy) is 2. The van der Waals surface area contributed by atoms with Gasteiger partial charge in [0.2, 0.25) is 5.91 Å². The lowest BCUT2D eigenvalue weighted by molar-refractivity contribution is -0.113. The third kappa shape index (κ3) is 5.70. The third-order valence-corrected chi connectivity index (χ3v) is 4.30. The number of carbonyl (C=O) groups is 2. The SMILES string of the molecule is COc1ccc(SCC(=O)Nc2cc(C(=O)O)ccc2OC(C)C)cc1. The van der Waals surface area contributed by atoms with Gasteiger partial charge in [0, 0.05) is 4.90 Å². The molecule has 2 aromatic carbocycles. The monoisotopic (exact) mass is 375 g/mol. The van der Waals surface area contributed by atoms with Crippen molar-refractivity contribution in [1.29, 1.82) is 0 Å². The van der Waals surface area contributed by atoms with Crippen molar-refractivity contribution in [2.24, 2.45) is 0 Å². The van der Waals surface area contributed by atoms with Crippen LogP contribution in [0.2, 0.25) is 0 Å². The maximum absolute atomic E-state index is 12.3. The van der Waals surface area contributed by atoms with E-state index in [1.54, 1.807) is 13.2 Å². The molecule has 0 bridgehead atoms. The molecule has 2 aromatic rings. The van der Waals surface area contributed by atoms with Crippen LogP contribution in [0.25, 0.3) is 0 Å². The van der Waals surface area contributed by atoms with Gasteiger partial charge in [-0.25, -0.2) is 4.79 Å². The minimum atomic E-state index is -1.07. The molecule has 0 saturated heterocycles. The van der Waals surface area contributed by atoms with Gasteiger partial charge in [-0.15, -0.1) is 11.8 Å². The van der Waals surface area contributed by atoms with Crippen molar-refractivity contribution in [2.75, 3.05) is 18.2 Å². The van der Waals surface area contributed by atoms with Crippen molar-refractivity contribution in [3.05, 3.63) is 48.0 Å². The largest absolute Gasteiger partial charge is 0.497 e. The molecule has 0 aliphatic rings. The highest BCUT2D eigenvalue weighted by Crippen LogP contribution is 2.28. The fourth-order valence-electron chi connectivity index (χ4n) is 2.12. The van der Waals surface area contributed by atoms with Crippen LogP contribution in [0.5, 0.6) is 11.5 Å². The summed E-state index contributed by atoms with van der Waals surface area (Å²) in [6.07, 6.45) is -0.102. The first-order valence-corrected chi connectivity index (χ1v) is 8.98. The molecule has 0 radical (unpaired) electrons. The Hall–Kier alpha value is -2.67. The number of anilines is 1. The van der Waals surface area contributed by atoms with Crippen molar-refractivity contribution in [3.8, 4) is 11.5 Å². The molecule has 0 heterocycles. The zero-order valence-electron chi connectivity index (χ0n) is 14.8. The summed E-state index contributed by atoms with van der Waals surface area (Å²) < 4.78 is 10.7.